The van der Waals surface area contributed by atoms with Crippen molar-refractivity contribution in [1.29, 1.82) is 0 Å². The van der Waals surface area contributed by atoms with E-state index < -0.39 is 0 Å². The van der Waals surface area contributed by atoms with Gasteiger partial charge in [-0.3, -0.25) is 0 Å². The second kappa shape index (κ2) is 73.0. The molecule has 0 aliphatic heterocycles. The fourth-order valence-electron chi connectivity index (χ4n) is 0. The summed E-state index contributed by atoms with van der Waals surface area (Å²) in [4.78, 5) is 0. The molecule has 0 aromatic rings. The van der Waals surface area contributed by atoms with E-state index in [4.69, 9.17) is 20.4 Å². The summed E-state index contributed by atoms with van der Waals surface area (Å²) >= 11 is 0. The largest absolute Gasteiger partial charge is 0.397 e. The van der Waals surface area contributed by atoms with E-state index in [0.717, 1.165) is 0 Å². The fourth-order valence-corrected chi connectivity index (χ4v) is 0. The van der Waals surface area contributed by atoms with Crippen molar-refractivity contribution in [2.24, 2.45) is 0 Å². The molecule has 0 unspecified atom stereocenters. The molecule has 13 heavy (non-hydrogen) atoms. The van der Waals surface area contributed by atoms with Crippen LogP contribution in [0, 0.1) is 39.9 Å². The Hall–Kier alpha value is 1.16. The Kier molecular flexibility index (Phi) is 164. The summed E-state index contributed by atoms with van der Waals surface area (Å²) in [7, 11) is 0. The van der Waals surface area contributed by atoms with Gasteiger partial charge in [0.1, 0.15) is 0 Å². The van der Waals surface area contributed by atoms with Crippen molar-refractivity contribution in [3.05, 3.63) is 0 Å². The van der Waals surface area contributed by atoms with Crippen molar-refractivity contribution in [2.45, 2.75) is 27.7 Å². The topological polar surface area (TPSA) is 80.9 Å². The van der Waals surface area contributed by atoms with Gasteiger partial charge in [0.15, 0.2) is 0 Å². The van der Waals surface area contributed by atoms with Crippen LogP contribution in [0.5, 0.6) is 0 Å². The quantitative estimate of drug-likeness (QED) is 0.448. The van der Waals surface area contributed by atoms with Crippen LogP contribution in [-0.2, 0) is 0 Å². The van der Waals surface area contributed by atoms with Gasteiger partial charge in [0.25, 0.3) is 0 Å². The van der Waals surface area contributed by atoms with E-state index in [1.807, 2.05) is 0 Å². The molecule has 0 aliphatic rings. The average molecular weight is 416 g/mol. The second-order valence-electron chi connectivity index (χ2n) is 1.26. The van der Waals surface area contributed by atoms with Crippen LogP contribution in [0.15, 0.2) is 0 Å². The molecule has 0 atom stereocenters. The van der Waals surface area contributed by atoms with E-state index in [1.54, 1.807) is 27.7 Å². The van der Waals surface area contributed by atoms with Crippen LogP contribution >= 0.6 is 0 Å². The van der Waals surface area contributed by atoms with E-state index in [-0.39, 0.29) is 66.4 Å². The minimum atomic E-state index is 0. The third kappa shape index (κ3) is 1210. The predicted molar refractivity (Wildman–Crippen MR) is 51.0 cm³/mol. The Labute approximate surface area is 114 Å². The summed E-state index contributed by atoms with van der Waals surface area (Å²) in [6.07, 6.45) is 0. The molecule has 5 heteroatoms. The maximum atomic E-state index is 7.57. The summed E-state index contributed by atoms with van der Waals surface area (Å²) in [5.74, 6) is 0. The molecule has 0 saturated heterocycles. The zero-order chi connectivity index (χ0) is 10.8. The van der Waals surface area contributed by atoms with Crippen molar-refractivity contribution in [1.82, 2.24) is 0 Å². The molecule has 0 aromatic heterocycles. The standard InChI is InChI=1S/4C2H6O.Th/c4*1-2-3;/h4*3H,2H2,1H3;. The van der Waals surface area contributed by atoms with Gasteiger partial charge in [0.05, 0.1) is 0 Å². The Bertz CT molecular complexity index is 24.1. The zero-order valence-corrected chi connectivity index (χ0v) is 13.2. The van der Waals surface area contributed by atoms with Gasteiger partial charge in [0.2, 0.25) is 0 Å². The molecule has 4 nitrogen and oxygen atoms in total. The van der Waals surface area contributed by atoms with Crippen LogP contribution in [-0.4, -0.2) is 46.9 Å². The van der Waals surface area contributed by atoms with Gasteiger partial charge in [-0.1, -0.05) is 0 Å². The minimum Gasteiger partial charge on any atom is -0.397 e. The van der Waals surface area contributed by atoms with Crippen LogP contribution in [0.25, 0.3) is 0 Å². The van der Waals surface area contributed by atoms with Crippen LogP contribution in [0.4, 0.5) is 0 Å². The van der Waals surface area contributed by atoms with Crippen LogP contribution in [0.2, 0.25) is 0 Å². The second-order valence-corrected chi connectivity index (χ2v) is 1.26. The normalized spacial score (nSPS) is 5.54. The minimum absolute atomic E-state index is 0. The first-order chi connectivity index (χ1) is 5.66. The summed E-state index contributed by atoms with van der Waals surface area (Å²) in [6, 6.07) is 0. The predicted octanol–water partition coefficient (Wildman–Crippen LogP) is -0.00560. The number of aliphatic hydroxyl groups excluding tert-OH is 4. The van der Waals surface area contributed by atoms with E-state index in [9.17, 15) is 0 Å². The van der Waals surface area contributed by atoms with Gasteiger partial charge >= 0.3 is 0 Å². The molecule has 4 N–H and O–H groups in total. The van der Waals surface area contributed by atoms with Gasteiger partial charge in [-0.2, -0.15) is 0 Å². The van der Waals surface area contributed by atoms with Crippen molar-refractivity contribution < 1.29 is 60.4 Å². The Morgan fingerprint density at radius 2 is 0.538 bits per heavy atom. The van der Waals surface area contributed by atoms with Gasteiger partial charge in [-0.05, 0) is 27.7 Å². The van der Waals surface area contributed by atoms with Crippen molar-refractivity contribution in [2.75, 3.05) is 26.4 Å². The first kappa shape index (κ1) is 29.2. The van der Waals surface area contributed by atoms with Crippen LogP contribution < -0.4 is 0 Å². The van der Waals surface area contributed by atoms with Crippen molar-refractivity contribution in [3.63, 3.8) is 0 Å². The smallest absolute Gasteiger partial charge is 0.0402 e. The Morgan fingerprint density at radius 1 is 0.538 bits per heavy atom. The molecule has 0 aliphatic carbocycles. The summed E-state index contributed by atoms with van der Waals surface area (Å²) in [5, 5.41) is 30.3. The fraction of sp³-hybridized carbons (Fsp3) is 1.00. The molecule has 0 fully saturated rings. The molecule has 0 amide bonds. The molecule has 0 saturated carbocycles. The molecular weight excluding hydrogens is 392 g/mol. The molecule has 0 bridgehead atoms. The molecule has 0 heterocycles. The third-order valence-electron chi connectivity index (χ3n) is 0. The molecule has 84 valence electrons. The molecule has 0 rings (SSSR count). The summed E-state index contributed by atoms with van der Waals surface area (Å²) < 4.78 is 0. The molecule has 0 radical (unpaired) electrons. The SMILES string of the molecule is CCO.CCO.CCO.CCO.[Th]. The zero-order valence-electron chi connectivity index (χ0n) is 9.12. The van der Waals surface area contributed by atoms with Gasteiger partial charge in [0, 0.05) is 66.4 Å². The van der Waals surface area contributed by atoms with Crippen molar-refractivity contribution in [3.8, 4) is 0 Å². The number of aliphatic hydroxyl groups is 4. The third-order valence-corrected chi connectivity index (χ3v) is 0. The maximum Gasteiger partial charge on any atom is 0.0402 e. The number of hydrogen-bond acceptors (Lipinski definition) is 4. The first-order valence-corrected chi connectivity index (χ1v) is 4.09. The van der Waals surface area contributed by atoms with Gasteiger partial charge in [-0.15, -0.1) is 0 Å². The number of hydrogen-bond donors (Lipinski definition) is 4. The van der Waals surface area contributed by atoms with Crippen molar-refractivity contribution >= 4 is 0 Å². The maximum absolute atomic E-state index is 7.57. The van der Waals surface area contributed by atoms with Gasteiger partial charge in [-0.25, -0.2) is 0 Å². The van der Waals surface area contributed by atoms with Crippen LogP contribution in [0.1, 0.15) is 27.7 Å². The van der Waals surface area contributed by atoms with E-state index in [2.05, 4.69) is 0 Å². The molecular formula is C8H24O4Th. The van der Waals surface area contributed by atoms with E-state index in [1.165, 1.54) is 0 Å². The van der Waals surface area contributed by atoms with E-state index >= 15 is 0 Å². The summed E-state index contributed by atoms with van der Waals surface area (Å²) in [5.41, 5.74) is 0. The molecule has 0 spiro atoms. The average Bonchev–Trinajstić information content (AvgIpc) is 1.92. The molecule has 0 aromatic carbocycles. The van der Waals surface area contributed by atoms with Gasteiger partial charge < -0.3 is 20.4 Å². The van der Waals surface area contributed by atoms with Crippen LogP contribution in [0.3, 0.4) is 0 Å². The monoisotopic (exact) mass is 416 g/mol. The Balaban J connectivity index is -0.0000000213. The first-order valence-electron chi connectivity index (χ1n) is 4.09. The summed E-state index contributed by atoms with van der Waals surface area (Å²) in [6.45, 7) is 7.72. The Morgan fingerprint density at radius 3 is 0.538 bits per heavy atom. The van der Waals surface area contributed by atoms with E-state index in [0.29, 0.717) is 0 Å². The number of rotatable bonds is 0.